The second-order valence-electron chi connectivity index (χ2n) is 0.990. The van der Waals surface area contributed by atoms with Crippen molar-refractivity contribution in [1.29, 1.82) is 0 Å². The van der Waals surface area contributed by atoms with Crippen molar-refractivity contribution in [2.24, 2.45) is 0 Å². The molecule has 0 saturated heterocycles. The maximum Gasteiger partial charge on any atom is 0.506 e. The van der Waals surface area contributed by atoms with Crippen molar-refractivity contribution >= 4 is 27.8 Å². The van der Waals surface area contributed by atoms with Crippen LogP contribution in [0.25, 0.3) is 0 Å². The first-order valence-corrected chi connectivity index (χ1v) is 6.43. The molecule has 0 unspecified atom stereocenters. The first-order valence-electron chi connectivity index (χ1n) is 1.48. The molecule has 62 valence electrons. The zero-order valence-electron chi connectivity index (χ0n) is 4.02. The van der Waals surface area contributed by atoms with Crippen LogP contribution in [0.15, 0.2) is 0 Å². The van der Waals surface area contributed by atoms with E-state index in [0.717, 1.165) is 0 Å². The molecule has 0 aliphatic heterocycles. The second kappa shape index (κ2) is 2.60. The lowest BCUT2D eigenvalue weighted by atomic mass is 15.9. The molecule has 0 aromatic rings. The lowest BCUT2D eigenvalue weighted by molar-refractivity contribution is 0.545. The molecule has 0 aliphatic carbocycles. The molecule has 0 aliphatic rings. The molecule has 0 atom stereocenters. The Kier molecular flexibility index (Phi) is 2.62. The normalized spacial score (nSPS) is 14.0. The van der Waals surface area contributed by atoms with E-state index < -0.39 is 27.8 Å². The van der Waals surface area contributed by atoms with E-state index in [0.29, 0.717) is 0 Å². The number of hydrogen-bond donors (Lipinski definition) is 0. The molecule has 10 heavy (non-hydrogen) atoms. The SMILES string of the molecule is O=S(=O)(F)[S+]([O-])S(=O)(=O)F. The summed E-state index contributed by atoms with van der Waals surface area (Å²) in [6.45, 7) is 0. The van der Waals surface area contributed by atoms with Crippen molar-refractivity contribution in [3.05, 3.63) is 0 Å². The summed E-state index contributed by atoms with van der Waals surface area (Å²) in [5.41, 5.74) is 0. The maximum atomic E-state index is 11.3. The monoisotopic (exact) mass is 214 g/mol. The minimum Gasteiger partial charge on any atom is -0.582 e. The van der Waals surface area contributed by atoms with Crippen LogP contribution in [-0.2, 0) is 27.8 Å². The third kappa shape index (κ3) is 2.77. The largest absolute Gasteiger partial charge is 0.582 e. The standard InChI is InChI=1S/F2O5S3/c1-9(4,5)8(3)10(2,6)7. The van der Waals surface area contributed by atoms with Crippen LogP contribution in [0.1, 0.15) is 0 Å². The van der Waals surface area contributed by atoms with Gasteiger partial charge < -0.3 is 4.55 Å². The molecule has 0 aromatic carbocycles. The van der Waals surface area contributed by atoms with Gasteiger partial charge in [-0.3, -0.25) is 0 Å². The Hall–Kier alpha value is 0.0700. The summed E-state index contributed by atoms with van der Waals surface area (Å²) in [4.78, 5) is 0. The molecule has 0 amide bonds. The molecule has 10 heteroatoms. The zero-order chi connectivity index (χ0) is 8.58. The van der Waals surface area contributed by atoms with E-state index in [4.69, 9.17) is 0 Å². The zero-order valence-corrected chi connectivity index (χ0v) is 6.47. The predicted octanol–water partition coefficient (Wildman–Crippen LogP) is -0.836. The molecule has 0 saturated carbocycles. The van der Waals surface area contributed by atoms with Gasteiger partial charge in [0.25, 0.3) is 9.24 Å². The Balaban J connectivity index is 4.94. The van der Waals surface area contributed by atoms with Crippen LogP contribution in [0, 0.1) is 0 Å². The third-order valence-corrected chi connectivity index (χ3v) is 5.85. The molecule has 0 radical (unpaired) electrons. The number of halogens is 2. The van der Waals surface area contributed by atoms with Gasteiger partial charge in [-0.1, -0.05) is 7.77 Å². The van der Waals surface area contributed by atoms with E-state index in [1.54, 1.807) is 0 Å². The molecule has 0 N–H and O–H groups in total. The molecule has 0 spiro atoms. The predicted molar refractivity (Wildman–Crippen MR) is 28.2 cm³/mol. The molecular weight excluding hydrogens is 214 g/mol. The van der Waals surface area contributed by atoms with Gasteiger partial charge in [0.2, 0.25) is 0 Å². The van der Waals surface area contributed by atoms with E-state index in [-0.39, 0.29) is 0 Å². The van der Waals surface area contributed by atoms with Crippen LogP contribution >= 0.6 is 0 Å². The van der Waals surface area contributed by atoms with E-state index in [2.05, 4.69) is 0 Å². The highest BCUT2D eigenvalue weighted by Gasteiger charge is 2.41. The molecule has 0 fully saturated rings. The molecule has 5 nitrogen and oxygen atoms in total. The van der Waals surface area contributed by atoms with Crippen molar-refractivity contribution in [3.8, 4) is 0 Å². The van der Waals surface area contributed by atoms with Gasteiger partial charge in [-0.05, 0) is 0 Å². The lowest BCUT2D eigenvalue weighted by Crippen LogP contribution is -2.17. The van der Waals surface area contributed by atoms with Gasteiger partial charge in [0.15, 0.2) is 0 Å². The van der Waals surface area contributed by atoms with Gasteiger partial charge >= 0.3 is 18.5 Å². The average molecular weight is 214 g/mol. The highest BCUT2D eigenvalue weighted by atomic mass is 33.6. The lowest BCUT2D eigenvalue weighted by Gasteiger charge is -1.94. The van der Waals surface area contributed by atoms with Crippen LogP contribution in [0.4, 0.5) is 7.77 Å². The van der Waals surface area contributed by atoms with E-state index in [9.17, 15) is 29.2 Å². The summed E-state index contributed by atoms with van der Waals surface area (Å²) in [7, 11) is -15.8. The van der Waals surface area contributed by atoms with E-state index in [1.807, 2.05) is 0 Å². The summed E-state index contributed by atoms with van der Waals surface area (Å²) in [5.74, 6) is 0. The first-order chi connectivity index (χ1) is 4.15. The van der Waals surface area contributed by atoms with Crippen molar-refractivity contribution in [2.75, 3.05) is 0 Å². The number of hydrogen-bond acceptors (Lipinski definition) is 5. The third-order valence-electron chi connectivity index (χ3n) is 0.325. The Bertz CT molecular complexity index is 264. The average Bonchev–Trinajstić information content (AvgIpc) is 1.59. The Morgan fingerprint density at radius 3 is 1.20 bits per heavy atom. The highest BCUT2D eigenvalue weighted by Crippen LogP contribution is 2.14. The number of rotatable bonds is 2. The van der Waals surface area contributed by atoms with Crippen LogP contribution in [0.2, 0.25) is 0 Å². The van der Waals surface area contributed by atoms with Crippen molar-refractivity contribution in [2.45, 2.75) is 0 Å². The van der Waals surface area contributed by atoms with Gasteiger partial charge in [-0.25, -0.2) is 0 Å². The highest BCUT2D eigenvalue weighted by molar-refractivity contribution is 8.97. The van der Waals surface area contributed by atoms with Crippen LogP contribution in [-0.4, -0.2) is 21.4 Å². The smallest absolute Gasteiger partial charge is 0.506 e. The topological polar surface area (TPSA) is 91.3 Å². The van der Waals surface area contributed by atoms with Crippen molar-refractivity contribution in [3.63, 3.8) is 0 Å². The van der Waals surface area contributed by atoms with Crippen molar-refractivity contribution < 1.29 is 29.2 Å². The van der Waals surface area contributed by atoms with Gasteiger partial charge in [-0.15, -0.1) is 16.8 Å². The van der Waals surface area contributed by atoms with Gasteiger partial charge in [0.05, 0.1) is 0 Å². The van der Waals surface area contributed by atoms with E-state index in [1.165, 1.54) is 0 Å². The summed E-state index contributed by atoms with van der Waals surface area (Å²) in [5, 5.41) is 0. The Morgan fingerprint density at radius 2 is 1.20 bits per heavy atom. The summed E-state index contributed by atoms with van der Waals surface area (Å²) < 4.78 is 69.9. The summed E-state index contributed by atoms with van der Waals surface area (Å²) >= 11 is 0. The molecular formula is F2O5S3. The van der Waals surface area contributed by atoms with Gasteiger partial charge in [-0.2, -0.15) is 0 Å². The maximum absolute atomic E-state index is 11.3. The van der Waals surface area contributed by atoms with Crippen LogP contribution in [0.5, 0.6) is 0 Å². The minimum absolute atomic E-state index is 4.14. The minimum atomic E-state index is -5.85. The van der Waals surface area contributed by atoms with Gasteiger partial charge in [0.1, 0.15) is 0 Å². The second-order valence-corrected chi connectivity index (χ2v) is 7.81. The fourth-order valence-electron chi connectivity index (χ4n) is 0.0971. The quantitative estimate of drug-likeness (QED) is 0.339. The van der Waals surface area contributed by atoms with Crippen LogP contribution in [0.3, 0.4) is 0 Å². The van der Waals surface area contributed by atoms with Gasteiger partial charge in [0, 0.05) is 0 Å². The molecule has 0 rings (SSSR count). The molecule has 0 bridgehead atoms. The summed E-state index contributed by atoms with van der Waals surface area (Å²) in [6.07, 6.45) is 0. The first kappa shape index (κ1) is 10.1. The fourth-order valence-corrected chi connectivity index (χ4v) is 2.62. The molecule has 0 heterocycles. The Morgan fingerprint density at radius 1 is 1.00 bits per heavy atom. The van der Waals surface area contributed by atoms with E-state index >= 15 is 0 Å². The van der Waals surface area contributed by atoms with Crippen LogP contribution < -0.4 is 0 Å². The van der Waals surface area contributed by atoms with Crippen molar-refractivity contribution in [1.82, 2.24) is 0 Å². The summed E-state index contributed by atoms with van der Waals surface area (Å²) in [6, 6.07) is 0. The molecule has 0 aromatic heterocycles. The Labute approximate surface area is 57.4 Å². The fraction of sp³-hybridized carbons (Fsp3) is 0.